The van der Waals surface area contributed by atoms with Crippen molar-refractivity contribution in [3.8, 4) is 5.75 Å². The summed E-state index contributed by atoms with van der Waals surface area (Å²) in [4.78, 5) is 36.5. The highest BCUT2D eigenvalue weighted by atomic mass is 16.5. The molecule has 0 radical (unpaired) electrons. The standard InChI is InChI=1S/C20H18N2O5/c1-26-18(23)12-22-19(24)16(21-20(22)25)11-15-9-5-6-10-17(15)27-13-14-7-3-2-4-8-14/h2-11H,12-13H2,1H3,(H,21,25)/b16-11+. The fourth-order valence-corrected chi connectivity index (χ4v) is 2.53. The number of nitrogens with one attached hydrogen (secondary N) is 1. The predicted octanol–water partition coefficient (Wildman–Crippen LogP) is 2.33. The second-order valence-electron chi connectivity index (χ2n) is 5.77. The molecule has 7 nitrogen and oxygen atoms in total. The Morgan fingerprint density at radius 2 is 1.78 bits per heavy atom. The lowest BCUT2D eigenvalue weighted by Gasteiger charge is -2.10. The van der Waals surface area contributed by atoms with Crippen molar-refractivity contribution in [2.45, 2.75) is 6.61 Å². The molecule has 2 aromatic carbocycles. The van der Waals surface area contributed by atoms with Crippen molar-refractivity contribution >= 4 is 24.0 Å². The topological polar surface area (TPSA) is 84.9 Å². The van der Waals surface area contributed by atoms with Gasteiger partial charge in [0.25, 0.3) is 5.91 Å². The van der Waals surface area contributed by atoms with Gasteiger partial charge in [-0.25, -0.2) is 9.69 Å². The van der Waals surface area contributed by atoms with Gasteiger partial charge in [-0.3, -0.25) is 9.59 Å². The average Bonchev–Trinajstić information content (AvgIpc) is 2.95. The van der Waals surface area contributed by atoms with Crippen molar-refractivity contribution in [1.82, 2.24) is 10.2 Å². The van der Waals surface area contributed by atoms with Crippen LogP contribution in [-0.2, 0) is 20.9 Å². The van der Waals surface area contributed by atoms with Crippen molar-refractivity contribution in [2.24, 2.45) is 0 Å². The van der Waals surface area contributed by atoms with Crippen LogP contribution in [0.5, 0.6) is 5.75 Å². The number of imide groups is 1. The minimum absolute atomic E-state index is 0.0691. The van der Waals surface area contributed by atoms with Crippen molar-refractivity contribution in [1.29, 1.82) is 0 Å². The first-order valence-electron chi connectivity index (χ1n) is 8.25. The van der Waals surface area contributed by atoms with E-state index < -0.39 is 24.5 Å². The SMILES string of the molecule is COC(=O)CN1C(=O)N/C(=C/c2ccccc2OCc2ccccc2)C1=O. The number of hydrogen-bond acceptors (Lipinski definition) is 5. The van der Waals surface area contributed by atoms with Crippen molar-refractivity contribution in [2.75, 3.05) is 13.7 Å². The molecule has 0 saturated carbocycles. The first kappa shape index (κ1) is 18.2. The van der Waals surface area contributed by atoms with Crippen LogP contribution in [0.3, 0.4) is 0 Å². The summed E-state index contributed by atoms with van der Waals surface area (Å²) in [5, 5.41) is 2.47. The van der Waals surface area contributed by atoms with Gasteiger partial charge in [-0.05, 0) is 17.7 Å². The minimum Gasteiger partial charge on any atom is -0.488 e. The molecule has 0 spiro atoms. The van der Waals surface area contributed by atoms with E-state index in [1.165, 1.54) is 13.2 Å². The van der Waals surface area contributed by atoms with Crippen LogP contribution in [-0.4, -0.2) is 36.5 Å². The zero-order valence-electron chi connectivity index (χ0n) is 14.7. The lowest BCUT2D eigenvalue weighted by molar-refractivity contribution is -0.143. The van der Waals surface area contributed by atoms with Crippen LogP contribution < -0.4 is 10.1 Å². The van der Waals surface area contributed by atoms with E-state index in [-0.39, 0.29) is 5.70 Å². The van der Waals surface area contributed by atoms with E-state index in [4.69, 9.17) is 4.74 Å². The van der Waals surface area contributed by atoms with Crippen molar-refractivity contribution < 1.29 is 23.9 Å². The lowest BCUT2D eigenvalue weighted by Crippen LogP contribution is -2.36. The molecule has 27 heavy (non-hydrogen) atoms. The molecule has 1 heterocycles. The largest absolute Gasteiger partial charge is 0.488 e. The molecule has 0 aliphatic carbocycles. The molecule has 2 aromatic rings. The molecule has 0 bridgehead atoms. The minimum atomic E-state index is -0.675. The number of methoxy groups -OCH3 is 1. The first-order chi connectivity index (χ1) is 13.1. The van der Waals surface area contributed by atoms with Crippen LogP contribution in [0.4, 0.5) is 4.79 Å². The number of para-hydroxylation sites is 1. The number of carbonyl (C=O) groups is 3. The Bertz CT molecular complexity index is 892. The quantitative estimate of drug-likeness (QED) is 0.482. The van der Waals surface area contributed by atoms with E-state index >= 15 is 0 Å². The van der Waals surface area contributed by atoms with E-state index in [1.807, 2.05) is 36.4 Å². The lowest BCUT2D eigenvalue weighted by atomic mass is 10.1. The van der Waals surface area contributed by atoms with E-state index in [2.05, 4.69) is 10.1 Å². The summed E-state index contributed by atoms with van der Waals surface area (Å²) in [5.41, 5.74) is 1.71. The Hall–Kier alpha value is -3.61. The summed E-state index contributed by atoms with van der Waals surface area (Å²) in [5.74, 6) is -0.697. The summed E-state index contributed by atoms with van der Waals surface area (Å²) in [6, 6.07) is 16.2. The molecule has 0 aromatic heterocycles. The van der Waals surface area contributed by atoms with Gasteiger partial charge in [0.2, 0.25) is 0 Å². The third kappa shape index (κ3) is 4.33. The van der Waals surface area contributed by atoms with E-state index in [9.17, 15) is 14.4 Å². The van der Waals surface area contributed by atoms with Crippen LogP contribution in [0.2, 0.25) is 0 Å². The highest BCUT2D eigenvalue weighted by Gasteiger charge is 2.35. The fourth-order valence-electron chi connectivity index (χ4n) is 2.53. The van der Waals surface area contributed by atoms with E-state index in [1.54, 1.807) is 18.2 Å². The van der Waals surface area contributed by atoms with Gasteiger partial charge >= 0.3 is 12.0 Å². The Morgan fingerprint density at radius 1 is 1.07 bits per heavy atom. The molecule has 1 N–H and O–H groups in total. The number of benzene rings is 2. The molecule has 1 fully saturated rings. The van der Waals surface area contributed by atoms with Crippen LogP contribution in [0.1, 0.15) is 11.1 Å². The summed E-state index contributed by atoms with van der Waals surface area (Å²) < 4.78 is 10.4. The van der Waals surface area contributed by atoms with Crippen LogP contribution in [0.25, 0.3) is 6.08 Å². The number of carbonyl (C=O) groups excluding carboxylic acids is 3. The molecular formula is C20H18N2O5. The number of hydrogen-bond donors (Lipinski definition) is 1. The average molecular weight is 366 g/mol. The zero-order chi connectivity index (χ0) is 19.2. The summed E-state index contributed by atoms with van der Waals surface area (Å²) >= 11 is 0. The van der Waals surface area contributed by atoms with Gasteiger partial charge in [0, 0.05) is 5.56 Å². The maximum absolute atomic E-state index is 12.4. The maximum atomic E-state index is 12.4. The van der Waals surface area contributed by atoms with Crippen molar-refractivity contribution in [3.63, 3.8) is 0 Å². The number of amides is 3. The molecule has 1 aliphatic rings. The molecule has 7 heteroatoms. The number of urea groups is 1. The first-order valence-corrected chi connectivity index (χ1v) is 8.25. The Morgan fingerprint density at radius 3 is 2.52 bits per heavy atom. The van der Waals surface area contributed by atoms with Gasteiger partial charge in [0.05, 0.1) is 7.11 Å². The van der Waals surface area contributed by atoms with Crippen molar-refractivity contribution in [3.05, 3.63) is 71.4 Å². The molecular weight excluding hydrogens is 348 g/mol. The third-order valence-electron chi connectivity index (χ3n) is 3.93. The van der Waals surface area contributed by atoms with Gasteiger partial charge in [0.15, 0.2) is 0 Å². The van der Waals surface area contributed by atoms with Gasteiger partial charge in [-0.15, -0.1) is 0 Å². The van der Waals surface area contributed by atoms with Crippen LogP contribution in [0.15, 0.2) is 60.3 Å². The normalized spacial score (nSPS) is 15.0. The molecule has 1 aliphatic heterocycles. The molecule has 3 amide bonds. The molecule has 138 valence electrons. The molecule has 0 unspecified atom stereocenters. The third-order valence-corrected chi connectivity index (χ3v) is 3.93. The van der Waals surface area contributed by atoms with Crippen LogP contribution >= 0.6 is 0 Å². The Kier molecular flexibility index (Phi) is 5.51. The van der Waals surface area contributed by atoms with Crippen LogP contribution in [0, 0.1) is 0 Å². The number of rotatable bonds is 6. The molecule has 0 atom stereocenters. The monoisotopic (exact) mass is 366 g/mol. The van der Waals surface area contributed by atoms with Gasteiger partial charge in [0.1, 0.15) is 24.6 Å². The zero-order valence-corrected chi connectivity index (χ0v) is 14.7. The smallest absolute Gasteiger partial charge is 0.329 e. The highest BCUT2D eigenvalue weighted by Crippen LogP contribution is 2.23. The van der Waals surface area contributed by atoms with Gasteiger partial charge in [-0.1, -0.05) is 48.5 Å². The molecule has 1 saturated heterocycles. The highest BCUT2D eigenvalue weighted by molar-refractivity contribution is 6.15. The Labute approximate surface area is 156 Å². The van der Waals surface area contributed by atoms with Gasteiger partial charge < -0.3 is 14.8 Å². The maximum Gasteiger partial charge on any atom is 0.329 e. The van der Waals surface area contributed by atoms with E-state index in [0.717, 1.165) is 10.5 Å². The number of esters is 1. The Balaban J connectivity index is 1.78. The number of ether oxygens (including phenoxy) is 2. The molecule has 3 rings (SSSR count). The second-order valence-corrected chi connectivity index (χ2v) is 5.77. The fraction of sp³-hybridized carbons (Fsp3) is 0.150. The summed E-state index contributed by atoms with van der Waals surface area (Å²) in [6.45, 7) is -0.0690. The van der Waals surface area contributed by atoms with Gasteiger partial charge in [-0.2, -0.15) is 0 Å². The summed E-state index contributed by atoms with van der Waals surface area (Å²) in [6.07, 6.45) is 1.53. The summed E-state index contributed by atoms with van der Waals surface area (Å²) in [7, 11) is 1.19. The number of nitrogens with zero attached hydrogens (tertiary/aromatic N) is 1. The second kappa shape index (κ2) is 8.18. The predicted molar refractivity (Wildman–Crippen MR) is 97.5 cm³/mol. The van der Waals surface area contributed by atoms with E-state index in [0.29, 0.717) is 17.9 Å².